The van der Waals surface area contributed by atoms with Crippen molar-refractivity contribution in [3.8, 4) is 0 Å². The maximum atomic E-state index is 12.0. The maximum Gasteiger partial charge on any atom is 0.317 e. The maximum absolute atomic E-state index is 12.0. The van der Waals surface area contributed by atoms with Crippen molar-refractivity contribution in [1.29, 1.82) is 0 Å². The molecule has 22 heavy (non-hydrogen) atoms. The summed E-state index contributed by atoms with van der Waals surface area (Å²) in [4.78, 5) is 25.0. The molecule has 2 heterocycles. The van der Waals surface area contributed by atoms with Gasteiger partial charge in [-0.25, -0.2) is 9.78 Å². The van der Waals surface area contributed by atoms with Gasteiger partial charge in [-0.3, -0.25) is 0 Å². The highest BCUT2D eigenvalue weighted by Crippen LogP contribution is 2.05. The van der Waals surface area contributed by atoms with Crippen molar-refractivity contribution in [1.82, 2.24) is 30.3 Å². The van der Waals surface area contributed by atoms with Crippen molar-refractivity contribution < 1.29 is 9.32 Å². The van der Waals surface area contributed by atoms with Gasteiger partial charge in [0, 0.05) is 25.4 Å². The number of hydrogen-bond acceptors (Lipinski definition) is 5. The molecule has 0 radical (unpaired) electrons. The number of aromatic amines is 1. The van der Waals surface area contributed by atoms with Crippen LogP contribution in [0.4, 0.5) is 4.79 Å². The molecule has 8 nitrogen and oxygen atoms in total. The largest absolute Gasteiger partial charge is 0.345 e. The Morgan fingerprint density at radius 1 is 1.50 bits per heavy atom. The third-order valence-corrected chi connectivity index (χ3v) is 2.98. The zero-order valence-corrected chi connectivity index (χ0v) is 13.4. The molecule has 0 saturated carbocycles. The second-order valence-corrected chi connectivity index (χ2v) is 5.73. The smallest absolute Gasteiger partial charge is 0.317 e. The molecule has 0 spiro atoms. The van der Waals surface area contributed by atoms with E-state index in [4.69, 9.17) is 4.52 Å². The lowest BCUT2D eigenvalue weighted by Gasteiger charge is -2.15. The Morgan fingerprint density at radius 2 is 2.27 bits per heavy atom. The van der Waals surface area contributed by atoms with Crippen LogP contribution in [0, 0.1) is 12.8 Å². The number of aromatic nitrogens is 4. The zero-order valence-electron chi connectivity index (χ0n) is 13.4. The lowest BCUT2D eigenvalue weighted by Crippen LogP contribution is -2.36. The second-order valence-electron chi connectivity index (χ2n) is 5.73. The Balaban J connectivity index is 1.80. The van der Waals surface area contributed by atoms with Crippen LogP contribution in [0.5, 0.6) is 0 Å². The number of nitrogens with one attached hydrogen (secondary N) is 2. The van der Waals surface area contributed by atoms with Crippen LogP contribution < -0.4 is 5.32 Å². The molecule has 2 amide bonds. The predicted molar refractivity (Wildman–Crippen MR) is 79.9 cm³/mol. The van der Waals surface area contributed by atoms with Crippen LogP contribution in [0.15, 0.2) is 10.7 Å². The van der Waals surface area contributed by atoms with E-state index in [1.165, 1.54) is 4.90 Å². The van der Waals surface area contributed by atoms with Gasteiger partial charge in [-0.1, -0.05) is 19.0 Å². The number of aryl methyl sites for hydroxylation is 1. The van der Waals surface area contributed by atoms with Gasteiger partial charge < -0.3 is 19.7 Å². The van der Waals surface area contributed by atoms with E-state index in [1.54, 1.807) is 13.2 Å². The fourth-order valence-electron chi connectivity index (χ4n) is 1.93. The van der Waals surface area contributed by atoms with Crippen molar-refractivity contribution in [3.05, 3.63) is 29.4 Å². The Hall–Kier alpha value is -2.38. The van der Waals surface area contributed by atoms with E-state index >= 15 is 0 Å². The van der Waals surface area contributed by atoms with E-state index in [2.05, 4.69) is 39.3 Å². The van der Waals surface area contributed by atoms with Crippen LogP contribution in [0.1, 0.15) is 37.1 Å². The summed E-state index contributed by atoms with van der Waals surface area (Å²) in [6.07, 6.45) is 2.47. The minimum atomic E-state index is -0.218. The number of nitrogens with zero attached hydrogens (tertiary/aromatic N) is 4. The molecule has 120 valence electrons. The second kappa shape index (κ2) is 7.06. The highest BCUT2D eigenvalue weighted by atomic mass is 16.5. The van der Waals surface area contributed by atoms with Gasteiger partial charge in [0.1, 0.15) is 5.82 Å². The fourth-order valence-corrected chi connectivity index (χ4v) is 1.93. The number of amides is 2. The first-order chi connectivity index (χ1) is 10.4. The van der Waals surface area contributed by atoms with E-state index in [0.29, 0.717) is 24.2 Å². The molecule has 0 atom stereocenters. The summed E-state index contributed by atoms with van der Waals surface area (Å²) in [7, 11) is 1.70. The first kappa shape index (κ1) is 16.0. The third-order valence-electron chi connectivity index (χ3n) is 2.98. The van der Waals surface area contributed by atoms with Crippen molar-refractivity contribution in [3.63, 3.8) is 0 Å². The van der Waals surface area contributed by atoms with Gasteiger partial charge in [0.15, 0.2) is 5.82 Å². The first-order valence-corrected chi connectivity index (χ1v) is 7.25. The van der Waals surface area contributed by atoms with Crippen LogP contribution >= 0.6 is 0 Å². The van der Waals surface area contributed by atoms with Crippen molar-refractivity contribution in [2.24, 2.45) is 5.92 Å². The Morgan fingerprint density at radius 3 is 2.91 bits per heavy atom. The SMILES string of the molecule is Cc1cnc(CN(C)C(=O)NCc2noc(CC(C)C)n2)[nH]1. The van der Waals surface area contributed by atoms with E-state index in [1.807, 2.05) is 6.92 Å². The van der Waals surface area contributed by atoms with Crippen molar-refractivity contribution in [2.75, 3.05) is 7.05 Å². The number of rotatable bonds is 6. The molecule has 8 heteroatoms. The van der Waals surface area contributed by atoms with Gasteiger partial charge in [0.2, 0.25) is 5.89 Å². The summed E-state index contributed by atoms with van der Waals surface area (Å²) in [6.45, 7) is 6.72. The standard InChI is InChI=1S/C14H22N6O2/c1-9(2)5-13-18-11(19-22-13)7-16-14(21)20(4)8-12-15-6-10(3)17-12/h6,9H,5,7-8H2,1-4H3,(H,15,17)(H,16,21). The average molecular weight is 306 g/mol. The molecule has 0 aliphatic rings. The molecule has 0 unspecified atom stereocenters. The molecule has 0 fully saturated rings. The summed E-state index contributed by atoms with van der Waals surface area (Å²) in [5.74, 6) is 2.27. The lowest BCUT2D eigenvalue weighted by atomic mass is 10.1. The summed E-state index contributed by atoms with van der Waals surface area (Å²) >= 11 is 0. The van der Waals surface area contributed by atoms with E-state index < -0.39 is 0 Å². The fraction of sp³-hybridized carbons (Fsp3) is 0.571. The van der Waals surface area contributed by atoms with Gasteiger partial charge in [-0.2, -0.15) is 4.98 Å². The molecule has 2 aromatic heterocycles. The van der Waals surface area contributed by atoms with Gasteiger partial charge in [-0.15, -0.1) is 0 Å². The average Bonchev–Trinajstić information content (AvgIpc) is 3.04. The van der Waals surface area contributed by atoms with Gasteiger partial charge in [0.05, 0.1) is 13.1 Å². The van der Waals surface area contributed by atoms with E-state index in [0.717, 1.165) is 17.9 Å². The Kier molecular flexibility index (Phi) is 5.13. The lowest BCUT2D eigenvalue weighted by molar-refractivity contribution is 0.205. The summed E-state index contributed by atoms with van der Waals surface area (Å²) < 4.78 is 5.13. The minimum absolute atomic E-state index is 0.218. The Labute approximate surface area is 129 Å². The molecule has 0 bridgehead atoms. The number of H-pyrrole nitrogens is 1. The minimum Gasteiger partial charge on any atom is -0.345 e. The first-order valence-electron chi connectivity index (χ1n) is 7.25. The normalized spacial score (nSPS) is 11.0. The van der Waals surface area contributed by atoms with Crippen LogP contribution in [-0.2, 0) is 19.5 Å². The molecule has 0 aliphatic heterocycles. The molecule has 2 rings (SSSR count). The quantitative estimate of drug-likeness (QED) is 0.845. The molecular weight excluding hydrogens is 284 g/mol. The number of urea groups is 1. The zero-order chi connectivity index (χ0) is 16.1. The number of hydrogen-bond donors (Lipinski definition) is 2. The summed E-state index contributed by atoms with van der Waals surface area (Å²) in [5, 5.41) is 6.60. The monoisotopic (exact) mass is 306 g/mol. The highest BCUT2D eigenvalue weighted by Gasteiger charge is 2.13. The van der Waals surface area contributed by atoms with Crippen LogP contribution in [0.3, 0.4) is 0 Å². The molecule has 2 aromatic rings. The molecule has 0 aromatic carbocycles. The van der Waals surface area contributed by atoms with Crippen LogP contribution in [-0.4, -0.2) is 38.1 Å². The van der Waals surface area contributed by atoms with Crippen LogP contribution in [0.2, 0.25) is 0 Å². The van der Waals surface area contributed by atoms with Crippen molar-refractivity contribution in [2.45, 2.75) is 40.3 Å². The van der Waals surface area contributed by atoms with Gasteiger partial charge >= 0.3 is 6.03 Å². The van der Waals surface area contributed by atoms with E-state index in [9.17, 15) is 4.79 Å². The third kappa shape index (κ3) is 4.57. The molecule has 0 aliphatic carbocycles. The summed E-state index contributed by atoms with van der Waals surface area (Å²) in [5.41, 5.74) is 0.966. The Bertz CT molecular complexity index is 618. The van der Waals surface area contributed by atoms with Crippen molar-refractivity contribution >= 4 is 6.03 Å². The molecule has 0 saturated heterocycles. The summed E-state index contributed by atoms with van der Waals surface area (Å²) in [6, 6.07) is -0.218. The number of carbonyl (C=O) groups is 1. The highest BCUT2D eigenvalue weighted by molar-refractivity contribution is 5.73. The van der Waals surface area contributed by atoms with Gasteiger partial charge in [-0.05, 0) is 12.8 Å². The van der Waals surface area contributed by atoms with E-state index in [-0.39, 0.29) is 12.6 Å². The number of carbonyl (C=O) groups excluding carboxylic acids is 1. The number of imidazole rings is 1. The van der Waals surface area contributed by atoms with Crippen LogP contribution in [0.25, 0.3) is 0 Å². The van der Waals surface area contributed by atoms with Gasteiger partial charge in [0.25, 0.3) is 0 Å². The molecular formula is C14H22N6O2. The predicted octanol–water partition coefficient (Wildman–Crippen LogP) is 1.64. The molecule has 2 N–H and O–H groups in total. The topological polar surface area (TPSA) is 99.9 Å².